The van der Waals surface area contributed by atoms with Crippen molar-refractivity contribution < 1.29 is 4.74 Å². The van der Waals surface area contributed by atoms with Crippen LogP contribution in [0.5, 0.6) is 0 Å². The lowest BCUT2D eigenvalue weighted by molar-refractivity contribution is 0.122. The van der Waals surface area contributed by atoms with Gasteiger partial charge in [-0.2, -0.15) is 0 Å². The lowest BCUT2D eigenvalue weighted by atomic mass is 10.2. The molecule has 2 rings (SSSR count). The molecular formula is C11H17N3O. The van der Waals surface area contributed by atoms with E-state index in [1.54, 1.807) is 0 Å². The van der Waals surface area contributed by atoms with E-state index in [0.29, 0.717) is 0 Å². The molecule has 1 fully saturated rings. The van der Waals surface area contributed by atoms with E-state index in [0.717, 1.165) is 43.6 Å². The number of hydrogen-bond donors (Lipinski definition) is 0. The second kappa shape index (κ2) is 4.14. The molecule has 0 aromatic carbocycles. The third-order valence-electron chi connectivity index (χ3n) is 2.79. The number of hydrogen-bond acceptors (Lipinski definition) is 4. The van der Waals surface area contributed by atoms with Crippen LogP contribution in [0, 0.1) is 20.8 Å². The van der Waals surface area contributed by atoms with Crippen molar-refractivity contribution >= 4 is 5.82 Å². The quantitative estimate of drug-likeness (QED) is 0.694. The lowest BCUT2D eigenvalue weighted by Crippen LogP contribution is -2.37. The Kier molecular flexibility index (Phi) is 2.86. The summed E-state index contributed by atoms with van der Waals surface area (Å²) in [4.78, 5) is 11.2. The Labute approximate surface area is 90.3 Å². The summed E-state index contributed by atoms with van der Waals surface area (Å²) >= 11 is 0. The minimum Gasteiger partial charge on any atom is -0.378 e. The molecule has 0 radical (unpaired) electrons. The van der Waals surface area contributed by atoms with Crippen molar-refractivity contribution in [1.82, 2.24) is 9.97 Å². The summed E-state index contributed by atoms with van der Waals surface area (Å²) in [5.41, 5.74) is 2.26. The molecule has 0 unspecified atom stereocenters. The van der Waals surface area contributed by atoms with Crippen molar-refractivity contribution in [3.05, 3.63) is 17.1 Å². The van der Waals surface area contributed by atoms with Crippen molar-refractivity contribution in [3.8, 4) is 0 Å². The summed E-state index contributed by atoms with van der Waals surface area (Å²) in [6.07, 6.45) is 0. The van der Waals surface area contributed by atoms with Crippen LogP contribution in [0.1, 0.15) is 17.1 Å². The molecule has 15 heavy (non-hydrogen) atoms. The zero-order valence-corrected chi connectivity index (χ0v) is 9.58. The van der Waals surface area contributed by atoms with Crippen molar-refractivity contribution in [3.63, 3.8) is 0 Å². The standard InChI is InChI=1S/C11H17N3O/c1-8-9(2)12-10(3)13-11(8)14-4-6-15-7-5-14/h4-7H2,1-3H3. The zero-order valence-electron chi connectivity index (χ0n) is 9.58. The van der Waals surface area contributed by atoms with Crippen LogP contribution in [0.15, 0.2) is 0 Å². The van der Waals surface area contributed by atoms with Crippen molar-refractivity contribution in [2.24, 2.45) is 0 Å². The van der Waals surface area contributed by atoms with Crippen molar-refractivity contribution in [1.29, 1.82) is 0 Å². The van der Waals surface area contributed by atoms with E-state index >= 15 is 0 Å². The highest BCUT2D eigenvalue weighted by molar-refractivity contribution is 5.48. The summed E-state index contributed by atoms with van der Waals surface area (Å²) in [5.74, 6) is 1.92. The van der Waals surface area contributed by atoms with Gasteiger partial charge in [0.05, 0.1) is 13.2 Å². The molecule has 0 saturated carbocycles. The first-order chi connectivity index (χ1) is 7.18. The molecule has 0 aliphatic carbocycles. The maximum atomic E-state index is 5.34. The second-order valence-electron chi connectivity index (χ2n) is 3.90. The predicted molar refractivity (Wildman–Crippen MR) is 59.3 cm³/mol. The highest BCUT2D eigenvalue weighted by atomic mass is 16.5. The Morgan fingerprint density at radius 1 is 1.07 bits per heavy atom. The first kappa shape index (κ1) is 10.4. The average Bonchev–Trinajstić information content (AvgIpc) is 2.24. The van der Waals surface area contributed by atoms with E-state index in [2.05, 4.69) is 21.8 Å². The van der Waals surface area contributed by atoms with Gasteiger partial charge in [0.15, 0.2) is 0 Å². The number of morpholine rings is 1. The number of aromatic nitrogens is 2. The van der Waals surface area contributed by atoms with Gasteiger partial charge in [-0.25, -0.2) is 9.97 Å². The fourth-order valence-electron chi connectivity index (χ4n) is 1.83. The van der Waals surface area contributed by atoms with Crippen molar-refractivity contribution in [2.45, 2.75) is 20.8 Å². The van der Waals surface area contributed by atoms with E-state index in [4.69, 9.17) is 4.74 Å². The fraction of sp³-hybridized carbons (Fsp3) is 0.636. The Balaban J connectivity index is 2.33. The summed E-state index contributed by atoms with van der Waals surface area (Å²) in [6, 6.07) is 0. The molecule has 1 aromatic rings. The zero-order chi connectivity index (χ0) is 10.8. The van der Waals surface area contributed by atoms with E-state index in [1.165, 1.54) is 5.56 Å². The van der Waals surface area contributed by atoms with Gasteiger partial charge in [-0.3, -0.25) is 0 Å². The Bertz CT molecular complexity index is 359. The number of ether oxygens (including phenoxy) is 1. The molecule has 1 aromatic heterocycles. The van der Waals surface area contributed by atoms with Gasteiger partial charge in [0.1, 0.15) is 11.6 Å². The van der Waals surface area contributed by atoms with E-state index in [1.807, 2.05) is 13.8 Å². The van der Waals surface area contributed by atoms with Crippen LogP contribution in [0.25, 0.3) is 0 Å². The monoisotopic (exact) mass is 207 g/mol. The third kappa shape index (κ3) is 2.09. The first-order valence-corrected chi connectivity index (χ1v) is 5.33. The van der Waals surface area contributed by atoms with Crippen LogP contribution < -0.4 is 4.90 Å². The molecule has 1 saturated heterocycles. The van der Waals surface area contributed by atoms with Crippen LogP contribution in [-0.4, -0.2) is 36.3 Å². The minimum atomic E-state index is 0.793. The van der Waals surface area contributed by atoms with Crippen LogP contribution in [0.4, 0.5) is 5.82 Å². The number of rotatable bonds is 1. The van der Waals surface area contributed by atoms with E-state index in [-0.39, 0.29) is 0 Å². The van der Waals surface area contributed by atoms with Gasteiger partial charge in [0.25, 0.3) is 0 Å². The summed E-state index contributed by atoms with van der Waals surface area (Å²) in [6.45, 7) is 9.50. The largest absolute Gasteiger partial charge is 0.378 e. The van der Waals surface area contributed by atoms with Gasteiger partial charge in [-0.1, -0.05) is 0 Å². The predicted octanol–water partition coefficient (Wildman–Crippen LogP) is 1.24. The molecule has 4 heteroatoms. The Morgan fingerprint density at radius 2 is 1.73 bits per heavy atom. The Hall–Kier alpha value is -1.16. The van der Waals surface area contributed by atoms with Crippen LogP contribution >= 0.6 is 0 Å². The lowest BCUT2D eigenvalue weighted by Gasteiger charge is -2.29. The topological polar surface area (TPSA) is 38.2 Å². The van der Waals surface area contributed by atoms with Crippen LogP contribution in [0.2, 0.25) is 0 Å². The molecule has 0 amide bonds. The average molecular weight is 207 g/mol. The third-order valence-corrected chi connectivity index (χ3v) is 2.79. The number of aryl methyl sites for hydroxylation is 2. The molecule has 4 nitrogen and oxygen atoms in total. The molecule has 0 spiro atoms. The number of nitrogens with zero attached hydrogens (tertiary/aromatic N) is 3. The molecule has 82 valence electrons. The van der Waals surface area contributed by atoms with Gasteiger partial charge < -0.3 is 9.64 Å². The molecular weight excluding hydrogens is 190 g/mol. The second-order valence-corrected chi connectivity index (χ2v) is 3.90. The molecule has 0 bridgehead atoms. The SMILES string of the molecule is Cc1nc(C)c(C)c(N2CCOCC2)n1. The highest BCUT2D eigenvalue weighted by Gasteiger charge is 2.16. The first-order valence-electron chi connectivity index (χ1n) is 5.33. The molecule has 2 heterocycles. The smallest absolute Gasteiger partial charge is 0.135 e. The molecule has 1 aliphatic heterocycles. The van der Waals surface area contributed by atoms with Gasteiger partial charge in [0, 0.05) is 24.3 Å². The van der Waals surface area contributed by atoms with Gasteiger partial charge in [-0.15, -0.1) is 0 Å². The highest BCUT2D eigenvalue weighted by Crippen LogP contribution is 2.20. The maximum absolute atomic E-state index is 5.34. The van der Waals surface area contributed by atoms with Gasteiger partial charge in [0.2, 0.25) is 0 Å². The molecule has 0 atom stereocenters. The maximum Gasteiger partial charge on any atom is 0.135 e. The van der Waals surface area contributed by atoms with Crippen molar-refractivity contribution in [2.75, 3.05) is 31.2 Å². The normalized spacial score (nSPS) is 16.9. The molecule has 0 N–H and O–H groups in total. The summed E-state index contributed by atoms with van der Waals surface area (Å²) in [5, 5.41) is 0. The summed E-state index contributed by atoms with van der Waals surface area (Å²) in [7, 11) is 0. The molecule has 1 aliphatic rings. The van der Waals surface area contributed by atoms with E-state index < -0.39 is 0 Å². The number of anilines is 1. The van der Waals surface area contributed by atoms with Gasteiger partial charge in [-0.05, 0) is 20.8 Å². The van der Waals surface area contributed by atoms with Gasteiger partial charge >= 0.3 is 0 Å². The minimum absolute atomic E-state index is 0.793. The van der Waals surface area contributed by atoms with Crippen LogP contribution in [0.3, 0.4) is 0 Å². The van der Waals surface area contributed by atoms with E-state index in [9.17, 15) is 0 Å². The van der Waals surface area contributed by atoms with Crippen LogP contribution in [-0.2, 0) is 4.74 Å². The Morgan fingerprint density at radius 3 is 2.40 bits per heavy atom. The fourth-order valence-corrected chi connectivity index (χ4v) is 1.83. The summed E-state index contributed by atoms with van der Waals surface area (Å²) < 4.78 is 5.34.